The fourth-order valence-corrected chi connectivity index (χ4v) is 3.68. The molecule has 1 heterocycles. The summed E-state index contributed by atoms with van der Waals surface area (Å²) in [5.74, 6) is 0.504. The van der Waals surface area contributed by atoms with Crippen molar-refractivity contribution in [3.63, 3.8) is 0 Å². The number of carbonyl (C=O) groups is 3. The van der Waals surface area contributed by atoms with Crippen LogP contribution in [-0.4, -0.2) is 63.2 Å². The van der Waals surface area contributed by atoms with E-state index in [1.54, 1.807) is 31.2 Å². The van der Waals surface area contributed by atoms with Gasteiger partial charge in [0.05, 0.1) is 6.61 Å². The Morgan fingerprint density at radius 1 is 0.970 bits per heavy atom. The first-order valence-corrected chi connectivity index (χ1v) is 11.2. The number of anilines is 1. The van der Waals surface area contributed by atoms with Crippen LogP contribution in [0.4, 0.5) is 10.5 Å². The van der Waals surface area contributed by atoms with E-state index in [9.17, 15) is 14.4 Å². The molecule has 2 aromatic rings. The number of hydrogen-bond donors (Lipinski definition) is 1. The summed E-state index contributed by atoms with van der Waals surface area (Å²) in [5.41, 5.74) is 2.24. The zero-order valence-corrected chi connectivity index (χ0v) is 19.4. The van der Waals surface area contributed by atoms with Crippen LogP contribution in [0, 0.1) is 5.92 Å². The molecule has 0 saturated carbocycles. The first-order valence-electron chi connectivity index (χ1n) is 11.2. The Hall–Kier alpha value is -3.55. The zero-order chi connectivity index (χ0) is 23.8. The maximum Gasteiger partial charge on any atom is 0.513 e. The average Bonchev–Trinajstić information content (AvgIpc) is 2.83. The summed E-state index contributed by atoms with van der Waals surface area (Å²) >= 11 is 0. The van der Waals surface area contributed by atoms with Gasteiger partial charge in [-0.25, -0.2) is 4.79 Å². The highest BCUT2D eigenvalue weighted by atomic mass is 16.7. The Bertz CT molecular complexity index is 949. The molecule has 1 aliphatic rings. The quantitative estimate of drug-likeness (QED) is 0.509. The second kappa shape index (κ2) is 11.4. The van der Waals surface area contributed by atoms with Crippen molar-refractivity contribution >= 4 is 23.7 Å². The van der Waals surface area contributed by atoms with Gasteiger partial charge < -0.3 is 24.6 Å². The van der Waals surface area contributed by atoms with Crippen LogP contribution in [0.2, 0.25) is 0 Å². The summed E-state index contributed by atoms with van der Waals surface area (Å²) in [4.78, 5) is 40.4. The van der Waals surface area contributed by atoms with Gasteiger partial charge in [-0.05, 0) is 74.2 Å². The maximum atomic E-state index is 12.8. The molecule has 8 heteroatoms. The van der Waals surface area contributed by atoms with Crippen LogP contribution < -0.4 is 15.0 Å². The molecule has 1 aliphatic heterocycles. The van der Waals surface area contributed by atoms with Crippen molar-refractivity contribution in [1.82, 2.24) is 10.2 Å². The third kappa shape index (κ3) is 6.71. The molecule has 176 valence electrons. The minimum Gasteiger partial charge on any atom is -0.434 e. The molecule has 0 radical (unpaired) electrons. The zero-order valence-electron chi connectivity index (χ0n) is 19.4. The number of piperidine rings is 1. The Morgan fingerprint density at radius 2 is 1.58 bits per heavy atom. The van der Waals surface area contributed by atoms with Gasteiger partial charge in [-0.3, -0.25) is 9.59 Å². The average molecular weight is 454 g/mol. The second-order valence-electron chi connectivity index (χ2n) is 8.20. The molecular weight excluding hydrogens is 422 g/mol. The molecule has 0 bridgehead atoms. The van der Waals surface area contributed by atoms with Crippen molar-refractivity contribution in [2.75, 3.05) is 45.2 Å². The van der Waals surface area contributed by atoms with Crippen LogP contribution in [0.25, 0.3) is 0 Å². The van der Waals surface area contributed by atoms with E-state index in [0.29, 0.717) is 42.4 Å². The van der Waals surface area contributed by atoms with Crippen molar-refractivity contribution in [3.05, 3.63) is 59.7 Å². The van der Waals surface area contributed by atoms with Gasteiger partial charge in [0.15, 0.2) is 0 Å². The molecule has 0 aromatic heterocycles. The lowest BCUT2D eigenvalue weighted by Gasteiger charge is -2.32. The van der Waals surface area contributed by atoms with E-state index < -0.39 is 6.16 Å². The summed E-state index contributed by atoms with van der Waals surface area (Å²) in [6.07, 6.45) is 0.910. The van der Waals surface area contributed by atoms with Gasteiger partial charge in [0.25, 0.3) is 11.8 Å². The van der Waals surface area contributed by atoms with Gasteiger partial charge in [0, 0.05) is 50.5 Å². The monoisotopic (exact) mass is 453 g/mol. The van der Waals surface area contributed by atoms with Gasteiger partial charge in [-0.15, -0.1) is 0 Å². The lowest BCUT2D eigenvalue weighted by molar-refractivity contribution is 0.0684. The number of hydrogen-bond acceptors (Lipinski definition) is 6. The van der Waals surface area contributed by atoms with Gasteiger partial charge in [-0.2, -0.15) is 0 Å². The van der Waals surface area contributed by atoms with Gasteiger partial charge >= 0.3 is 6.16 Å². The number of benzene rings is 2. The molecule has 0 atom stereocenters. The smallest absolute Gasteiger partial charge is 0.434 e. The molecule has 0 aliphatic carbocycles. The molecule has 3 rings (SSSR count). The van der Waals surface area contributed by atoms with Crippen LogP contribution in [-0.2, 0) is 4.74 Å². The minimum atomic E-state index is -0.773. The molecule has 1 saturated heterocycles. The molecule has 8 nitrogen and oxygen atoms in total. The van der Waals surface area contributed by atoms with E-state index >= 15 is 0 Å². The van der Waals surface area contributed by atoms with Gasteiger partial charge in [-0.1, -0.05) is 0 Å². The van der Waals surface area contributed by atoms with E-state index in [4.69, 9.17) is 9.47 Å². The molecule has 1 fully saturated rings. The van der Waals surface area contributed by atoms with Crippen LogP contribution in [0.3, 0.4) is 0 Å². The molecular formula is C25H31N3O5. The summed E-state index contributed by atoms with van der Waals surface area (Å²) in [6, 6.07) is 14.0. The standard InChI is InChI=1S/C25H31N3O5/c1-4-32-25(31)33-22-11-7-19(8-12-22)23(29)26-17-18-13-15-28(16-14-18)24(30)20-5-9-21(10-6-20)27(2)3/h5-12,18H,4,13-17H2,1-3H3,(H,26,29). The van der Waals surface area contributed by atoms with Crippen molar-refractivity contribution < 1.29 is 23.9 Å². The second-order valence-corrected chi connectivity index (χ2v) is 8.20. The number of rotatable bonds is 7. The third-order valence-corrected chi connectivity index (χ3v) is 5.66. The third-order valence-electron chi connectivity index (χ3n) is 5.66. The maximum absolute atomic E-state index is 12.8. The Labute approximate surface area is 194 Å². The molecule has 2 amide bonds. The van der Waals surface area contributed by atoms with Crippen molar-refractivity contribution in [3.8, 4) is 5.75 Å². The predicted molar refractivity (Wildman–Crippen MR) is 126 cm³/mol. The highest BCUT2D eigenvalue weighted by molar-refractivity contribution is 5.95. The number of nitrogens with zero attached hydrogens (tertiary/aromatic N) is 2. The van der Waals surface area contributed by atoms with Gasteiger partial charge in [0.2, 0.25) is 0 Å². The number of amides is 2. The van der Waals surface area contributed by atoms with E-state index in [1.165, 1.54) is 0 Å². The van der Waals surface area contributed by atoms with Crippen LogP contribution in [0.1, 0.15) is 40.5 Å². The first-order chi connectivity index (χ1) is 15.9. The summed E-state index contributed by atoms with van der Waals surface area (Å²) in [5, 5.41) is 2.96. The van der Waals surface area contributed by atoms with Crippen molar-refractivity contribution in [2.45, 2.75) is 19.8 Å². The van der Waals surface area contributed by atoms with Crippen LogP contribution in [0.5, 0.6) is 5.75 Å². The largest absolute Gasteiger partial charge is 0.513 e. The number of likely N-dealkylation sites (tertiary alicyclic amines) is 1. The first kappa shape index (κ1) is 24.1. The molecule has 0 spiro atoms. The molecule has 1 N–H and O–H groups in total. The van der Waals surface area contributed by atoms with Gasteiger partial charge in [0.1, 0.15) is 5.75 Å². The van der Waals surface area contributed by atoms with E-state index in [2.05, 4.69) is 5.32 Å². The van der Waals surface area contributed by atoms with Crippen molar-refractivity contribution in [1.29, 1.82) is 0 Å². The highest BCUT2D eigenvalue weighted by Crippen LogP contribution is 2.20. The Balaban J connectivity index is 1.43. The highest BCUT2D eigenvalue weighted by Gasteiger charge is 2.24. The molecule has 33 heavy (non-hydrogen) atoms. The fourth-order valence-electron chi connectivity index (χ4n) is 3.68. The van der Waals surface area contributed by atoms with E-state index in [1.807, 2.05) is 48.2 Å². The van der Waals surface area contributed by atoms with Crippen LogP contribution in [0.15, 0.2) is 48.5 Å². The normalized spacial score (nSPS) is 13.8. The Kier molecular flexibility index (Phi) is 8.29. The molecule has 0 unspecified atom stereocenters. The summed E-state index contributed by atoms with van der Waals surface area (Å²) in [7, 11) is 3.94. The lowest BCUT2D eigenvalue weighted by atomic mass is 9.96. The summed E-state index contributed by atoms with van der Waals surface area (Å²) in [6.45, 7) is 3.83. The SMILES string of the molecule is CCOC(=O)Oc1ccc(C(=O)NCC2CCN(C(=O)c3ccc(N(C)C)cc3)CC2)cc1. The van der Waals surface area contributed by atoms with Crippen LogP contribution >= 0.6 is 0 Å². The summed E-state index contributed by atoms with van der Waals surface area (Å²) < 4.78 is 9.72. The van der Waals surface area contributed by atoms with E-state index in [0.717, 1.165) is 18.5 Å². The topological polar surface area (TPSA) is 88.2 Å². The predicted octanol–water partition coefficient (Wildman–Crippen LogP) is 3.57. The fraction of sp³-hybridized carbons (Fsp3) is 0.400. The lowest BCUT2D eigenvalue weighted by Crippen LogP contribution is -2.41. The minimum absolute atomic E-state index is 0.0490. The molecule has 2 aromatic carbocycles. The number of carbonyl (C=O) groups excluding carboxylic acids is 3. The number of ether oxygens (including phenoxy) is 2. The van der Waals surface area contributed by atoms with Crippen molar-refractivity contribution in [2.24, 2.45) is 5.92 Å². The van der Waals surface area contributed by atoms with E-state index in [-0.39, 0.29) is 18.4 Å². The number of nitrogens with one attached hydrogen (secondary N) is 1. The Morgan fingerprint density at radius 3 is 2.15 bits per heavy atom.